The molecule has 1 aliphatic carbocycles. The molecular weight excluding hydrogens is 256 g/mol. The van der Waals surface area contributed by atoms with Crippen LogP contribution in [0.25, 0.3) is 0 Å². The lowest BCUT2D eigenvalue weighted by Gasteiger charge is -2.36. The third kappa shape index (κ3) is 3.25. The summed E-state index contributed by atoms with van der Waals surface area (Å²) in [6.07, 6.45) is 2.83. The smallest absolute Gasteiger partial charge is 0.120 e. The minimum absolute atomic E-state index is 0.0700. The van der Waals surface area contributed by atoms with Crippen molar-refractivity contribution in [1.29, 1.82) is 0 Å². The predicted octanol–water partition coefficient (Wildman–Crippen LogP) is 2.27. The maximum Gasteiger partial charge on any atom is 0.120 e. The second kappa shape index (κ2) is 5.73. The minimum atomic E-state index is 0.0700. The number of hydrogen-bond acceptors (Lipinski definition) is 4. The Morgan fingerprint density at radius 2 is 2.26 bits per heavy atom. The van der Waals surface area contributed by atoms with Crippen LogP contribution in [0.15, 0.2) is 24.3 Å². The van der Waals surface area contributed by atoms with Crippen molar-refractivity contribution in [2.75, 3.05) is 25.1 Å². The Morgan fingerprint density at radius 3 is 3.00 bits per heavy atom. The van der Waals surface area contributed by atoms with Crippen molar-refractivity contribution in [2.45, 2.75) is 31.0 Å². The molecule has 2 atom stereocenters. The van der Waals surface area contributed by atoms with Gasteiger partial charge < -0.3 is 10.5 Å². The van der Waals surface area contributed by atoms with Crippen LogP contribution in [-0.2, 0) is 0 Å². The second-order valence-corrected chi connectivity index (χ2v) is 6.69. The van der Waals surface area contributed by atoms with Gasteiger partial charge in [0.1, 0.15) is 5.75 Å². The molecule has 1 saturated carbocycles. The zero-order chi connectivity index (χ0) is 13.2. The van der Waals surface area contributed by atoms with Crippen molar-refractivity contribution >= 4 is 11.8 Å². The van der Waals surface area contributed by atoms with Crippen molar-refractivity contribution in [3.8, 4) is 5.75 Å². The van der Waals surface area contributed by atoms with Crippen LogP contribution in [0.1, 0.15) is 24.4 Å². The summed E-state index contributed by atoms with van der Waals surface area (Å²) in [6.45, 7) is 1.13. The molecule has 1 aliphatic heterocycles. The molecule has 1 aromatic rings. The zero-order valence-electron chi connectivity index (χ0n) is 11.4. The molecule has 4 heteroatoms. The number of likely N-dealkylation sites (N-methyl/N-ethyl adjacent to an activating group) is 1. The van der Waals surface area contributed by atoms with E-state index in [1.54, 1.807) is 0 Å². The normalized spacial score (nSPS) is 26.1. The number of nitrogens with two attached hydrogens (primary N) is 1. The second-order valence-electron chi connectivity index (χ2n) is 5.54. The SMILES string of the molecule is CN1CCSCC1C(N)c1cccc(OC2CC2)c1. The van der Waals surface area contributed by atoms with Gasteiger partial charge in [0.25, 0.3) is 0 Å². The van der Waals surface area contributed by atoms with E-state index in [1.165, 1.54) is 24.2 Å². The molecule has 0 spiro atoms. The number of thioether (sulfide) groups is 1. The number of ether oxygens (including phenoxy) is 1. The molecule has 0 bridgehead atoms. The Balaban J connectivity index is 1.72. The molecule has 1 heterocycles. The average molecular weight is 278 g/mol. The largest absolute Gasteiger partial charge is 0.490 e. The van der Waals surface area contributed by atoms with Gasteiger partial charge >= 0.3 is 0 Å². The molecule has 2 unspecified atom stereocenters. The number of benzene rings is 1. The van der Waals surface area contributed by atoms with Crippen LogP contribution >= 0.6 is 11.8 Å². The lowest BCUT2D eigenvalue weighted by Crippen LogP contribution is -2.46. The van der Waals surface area contributed by atoms with Gasteiger partial charge in [0.2, 0.25) is 0 Å². The summed E-state index contributed by atoms with van der Waals surface area (Å²) in [5.41, 5.74) is 7.66. The van der Waals surface area contributed by atoms with Crippen molar-refractivity contribution in [3.63, 3.8) is 0 Å². The predicted molar refractivity (Wildman–Crippen MR) is 80.8 cm³/mol. The van der Waals surface area contributed by atoms with Gasteiger partial charge in [-0.3, -0.25) is 4.90 Å². The van der Waals surface area contributed by atoms with E-state index in [9.17, 15) is 0 Å². The van der Waals surface area contributed by atoms with E-state index in [1.807, 2.05) is 17.8 Å². The molecule has 0 radical (unpaired) electrons. The number of hydrogen-bond donors (Lipinski definition) is 1. The first-order chi connectivity index (χ1) is 9.24. The lowest BCUT2D eigenvalue weighted by molar-refractivity contribution is 0.237. The van der Waals surface area contributed by atoms with E-state index in [4.69, 9.17) is 10.5 Å². The van der Waals surface area contributed by atoms with Crippen LogP contribution in [0.5, 0.6) is 5.75 Å². The quantitative estimate of drug-likeness (QED) is 0.917. The summed E-state index contributed by atoms with van der Waals surface area (Å²) in [5.74, 6) is 3.30. The maximum atomic E-state index is 6.46. The van der Waals surface area contributed by atoms with Crippen LogP contribution in [-0.4, -0.2) is 42.1 Å². The molecule has 104 valence electrons. The Labute approximate surface area is 119 Å². The summed E-state index contributed by atoms with van der Waals surface area (Å²) in [5, 5.41) is 0. The molecule has 2 N–H and O–H groups in total. The molecule has 2 fully saturated rings. The number of rotatable bonds is 4. The van der Waals surface area contributed by atoms with E-state index in [0.717, 1.165) is 18.0 Å². The molecule has 19 heavy (non-hydrogen) atoms. The molecule has 0 amide bonds. The maximum absolute atomic E-state index is 6.46. The van der Waals surface area contributed by atoms with Crippen molar-refractivity contribution in [2.24, 2.45) is 5.73 Å². The Bertz CT molecular complexity index is 436. The van der Waals surface area contributed by atoms with Gasteiger partial charge in [0.05, 0.1) is 6.10 Å². The summed E-state index contributed by atoms with van der Waals surface area (Å²) >= 11 is 2.00. The molecule has 3 rings (SSSR count). The van der Waals surface area contributed by atoms with Gasteiger partial charge in [-0.2, -0.15) is 11.8 Å². The highest BCUT2D eigenvalue weighted by Crippen LogP contribution is 2.30. The Morgan fingerprint density at radius 1 is 1.42 bits per heavy atom. The van der Waals surface area contributed by atoms with E-state index in [2.05, 4.69) is 30.1 Å². The summed E-state index contributed by atoms with van der Waals surface area (Å²) in [4.78, 5) is 2.38. The van der Waals surface area contributed by atoms with E-state index >= 15 is 0 Å². The fourth-order valence-electron chi connectivity index (χ4n) is 2.48. The standard InChI is InChI=1S/C15H22N2OS/c1-17-7-8-19-10-14(17)15(16)11-3-2-4-13(9-11)18-12-5-6-12/h2-4,9,12,14-15H,5-8,10,16H2,1H3. The summed E-state index contributed by atoms with van der Waals surface area (Å²) in [7, 11) is 2.18. The van der Waals surface area contributed by atoms with E-state index in [0.29, 0.717) is 12.1 Å². The molecule has 1 saturated heterocycles. The number of nitrogens with zero attached hydrogens (tertiary/aromatic N) is 1. The molecule has 0 aromatic heterocycles. The average Bonchev–Trinajstić information content (AvgIpc) is 3.23. The van der Waals surface area contributed by atoms with Gasteiger partial charge in [0, 0.05) is 30.1 Å². The van der Waals surface area contributed by atoms with E-state index < -0.39 is 0 Å². The Hall–Kier alpha value is -0.710. The van der Waals surface area contributed by atoms with Gasteiger partial charge in [-0.15, -0.1) is 0 Å². The van der Waals surface area contributed by atoms with Gasteiger partial charge in [-0.05, 0) is 37.6 Å². The molecule has 2 aliphatic rings. The first kappa shape index (κ1) is 13.3. The zero-order valence-corrected chi connectivity index (χ0v) is 12.2. The fraction of sp³-hybridized carbons (Fsp3) is 0.600. The van der Waals surface area contributed by atoms with Crippen LogP contribution in [0.3, 0.4) is 0 Å². The summed E-state index contributed by atoms with van der Waals surface area (Å²) in [6, 6.07) is 8.83. The first-order valence-electron chi connectivity index (χ1n) is 7.04. The Kier molecular flexibility index (Phi) is 4.01. The third-order valence-electron chi connectivity index (χ3n) is 3.93. The van der Waals surface area contributed by atoms with Gasteiger partial charge in [-0.25, -0.2) is 0 Å². The topological polar surface area (TPSA) is 38.5 Å². The van der Waals surface area contributed by atoms with Gasteiger partial charge in [-0.1, -0.05) is 12.1 Å². The fourth-order valence-corrected chi connectivity index (χ4v) is 3.77. The van der Waals surface area contributed by atoms with Crippen LogP contribution < -0.4 is 10.5 Å². The van der Waals surface area contributed by atoms with Crippen molar-refractivity contribution < 1.29 is 4.74 Å². The highest BCUT2D eigenvalue weighted by molar-refractivity contribution is 7.99. The molecule has 1 aromatic carbocycles. The third-order valence-corrected chi connectivity index (χ3v) is 4.98. The minimum Gasteiger partial charge on any atom is -0.490 e. The summed E-state index contributed by atoms with van der Waals surface area (Å²) < 4.78 is 5.86. The van der Waals surface area contributed by atoms with Crippen molar-refractivity contribution in [1.82, 2.24) is 4.90 Å². The van der Waals surface area contributed by atoms with Crippen LogP contribution in [0, 0.1) is 0 Å². The van der Waals surface area contributed by atoms with E-state index in [-0.39, 0.29) is 6.04 Å². The highest BCUT2D eigenvalue weighted by atomic mass is 32.2. The van der Waals surface area contributed by atoms with Gasteiger partial charge in [0.15, 0.2) is 0 Å². The van der Waals surface area contributed by atoms with Crippen LogP contribution in [0.2, 0.25) is 0 Å². The lowest BCUT2D eigenvalue weighted by atomic mass is 10.00. The molecular formula is C15H22N2OS. The first-order valence-corrected chi connectivity index (χ1v) is 8.19. The highest BCUT2D eigenvalue weighted by Gasteiger charge is 2.27. The van der Waals surface area contributed by atoms with Crippen molar-refractivity contribution in [3.05, 3.63) is 29.8 Å². The molecule has 3 nitrogen and oxygen atoms in total. The van der Waals surface area contributed by atoms with Crippen LogP contribution in [0.4, 0.5) is 0 Å². The monoisotopic (exact) mass is 278 g/mol.